The highest BCUT2D eigenvalue weighted by Crippen LogP contribution is 2.37. The Labute approximate surface area is 113 Å². The van der Waals surface area contributed by atoms with Gasteiger partial charge in [0.1, 0.15) is 0 Å². The molecule has 0 aromatic carbocycles. The molecular formula is C14H24F3NO. The summed E-state index contributed by atoms with van der Waals surface area (Å²) >= 11 is 0. The fraction of sp³-hybridized carbons (Fsp3) is 1.00. The quantitative estimate of drug-likeness (QED) is 0.720. The van der Waals surface area contributed by atoms with E-state index < -0.39 is 12.1 Å². The van der Waals surface area contributed by atoms with Crippen LogP contribution in [0.25, 0.3) is 0 Å². The first-order chi connectivity index (χ1) is 9.05. The van der Waals surface area contributed by atoms with Gasteiger partial charge in [-0.1, -0.05) is 0 Å². The van der Waals surface area contributed by atoms with Crippen molar-refractivity contribution in [1.82, 2.24) is 5.32 Å². The third-order valence-electron chi connectivity index (χ3n) is 4.14. The van der Waals surface area contributed by atoms with Crippen LogP contribution in [0.2, 0.25) is 0 Å². The number of ether oxygens (including phenoxy) is 1. The number of halogens is 3. The lowest BCUT2D eigenvalue weighted by Gasteiger charge is -2.30. The molecule has 19 heavy (non-hydrogen) atoms. The van der Waals surface area contributed by atoms with Crippen LogP contribution in [-0.2, 0) is 4.74 Å². The van der Waals surface area contributed by atoms with Crippen LogP contribution in [0.15, 0.2) is 0 Å². The van der Waals surface area contributed by atoms with Crippen molar-refractivity contribution in [2.75, 3.05) is 19.8 Å². The molecule has 0 aliphatic heterocycles. The summed E-state index contributed by atoms with van der Waals surface area (Å²) in [5.41, 5.74) is 0. The van der Waals surface area contributed by atoms with E-state index in [4.69, 9.17) is 4.74 Å². The van der Waals surface area contributed by atoms with Crippen molar-refractivity contribution in [3.63, 3.8) is 0 Å². The van der Waals surface area contributed by atoms with Gasteiger partial charge < -0.3 is 10.1 Å². The molecule has 5 heteroatoms. The molecule has 2 fully saturated rings. The minimum Gasteiger partial charge on any atom is -0.381 e. The van der Waals surface area contributed by atoms with Crippen LogP contribution in [0.1, 0.15) is 44.9 Å². The highest BCUT2D eigenvalue weighted by Gasteiger charge is 2.41. The maximum Gasteiger partial charge on any atom is 0.391 e. The normalized spacial score (nSPS) is 28.6. The van der Waals surface area contributed by atoms with Gasteiger partial charge in [-0.25, -0.2) is 0 Å². The summed E-state index contributed by atoms with van der Waals surface area (Å²) in [4.78, 5) is 0. The lowest BCUT2D eigenvalue weighted by Crippen LogP contribution is -2.37. The third-order valence-corrected chi connectivity index (χ3v) is 4.14. The number of rotatable bonds is 7. The molecule has 0 saturated heterocycles. The lowest BCUT2D eigenvalue weighted by atomic mass is 9.85. The van der Waals surface area contributed by atoms with Crippen LogP contribution in [0.5, 0.6) is 0 Å². The smallest absolute Gasteiger partial charge is 0.381 e. The second-order valence-corrected chi connectivity index (χ2v) is 5.92. The summed E-state index contributed by atoms with van der Waals surface area (Å²) in [5.74, 6) is -0.280. The van der Waals surface area contributed by atoms with Gasteiger partial charge >= 0.3 is 6.18 Å². The summed E-state index contributed by atoms with van der Waals surface area (Å²) in [5, 5.41) is 3.35. The molecule has 0 unspecified atom stereocenters. The monoisotopic (exact) mass is 279 g/mol. The Kier molecular flexibility index (Phi) is 5.51. The van der Waals surface area contributed by atoms with Gasteiger partial charge in [0.05, 0.1) is 5.92 Å². The van der Waals surface area contributed by atoms with E-state index in [2.05, 4.69) is 5.32 Å². The van der Waals surface area contributed by atoms with Crippen LogP contribution in [0.3, 0.4) is 0 Å². The van der Waals surface area contributed by atoms with Crippen molar-refractivity contribution in [1.29, 1.82) is 0 Å². The Hall–Kier alpha value is -0.290. The van der Waals surface area contributed by atoms with Crippen molar-refractivity contribution < 1.29 is 17.9 Å². The molecule has 0 spiro atoms. The summed E-state index contributed by atoms with van der Waals surface area (Å²) in [6.07, 6.45) is 1.41. The Morgan fingerprint density at radius 1 is 1.00 bits per heavy atom. The van der Waals surface area contributed by atoms with E-state index >= 15 is 0 Å². The second kappa shape index (κ2) is 6.93. The predicted octanol–water partition coefficient (Wildman–Crippen LogP) is 3.51. The molecule has 0 radical (unpaired) electrons. The van der Waals surface area contributed by atoms with Gasteiger partial charge in [-0.3, -0.25) is 0 Å². The van der Waals surface area contributed by atoms with Crippen LogP contribution in [0, 0.1) is 11.8 Å². The molecular weight excluding hydrogens is 255 g/mol. The van der Waals surface area contributed by atoms with Crippen LogP contribution in [-0.4, -0.2) is 32.0 Å². The predicted molar refractivity (Wildman–Crippen MR) is 68.0 cm³/mol. The van der Waals surface area contributed by atoms with Crippen LogP contribution < -0.4 is 5.32 Å². The molecule has 2 saturated carbocycles. The highest BCUT2D eigenvalue weighted by atomic mass is 19.4. The van der Waals surface area contributed by atoms with Crippen molar-refractivity contribution in [2.24, 2.45) is 11.8 Å². The third kappa shape index (κ3) is 5.69. The maximum atomic E-state index is 12.5. The molecule has 0 heterocycles. The first-order valence-electron chi connectivity index (χ1n) is 7.43. The molecule has 2 nitrogen and oxygen atoms in total. The molecule has 0 amide bonds. The van der Waals surface area contributed by atoms with Crippen molar-refractivity contribution in [3.8, 4) is 0 Å². The lowest BCUT2D eigenvalue weighted by molar-refractivity contribution is -0.182. The molecule has 112 valence electrons. The number of nitrogens with one attached hydrogen (secondary N) is 1. The van der Waals surface area contributed by atoms with Crippen molar-refractivity contribution in [2.45, 2.75) is 57.2 Å². The topological polar surface area (TPSA) is 21.3 Å². The summed E-state index contributed by atoms with van der Waals surface area (Å²) in [7, 11) is 0. The molecule has 2 aliphatic carbocycles. The first kappa shape index (κ1) is 15.1. The zero-order valence-corrected chi connectivity index (χ0v) is 11.3. The van der Waals surface area contributed by atoms with Gasteiger partial charge in [0, 0.05) is 19.3 Å². The maximum absolute atomic E-state index is 12.5. The van der Waals surface area contributed by atoms with E-state index in [1.807, 2.05) is 0 Å². The van der Waals surface area contributed by atoms with Gasteiger partial charge in [-0.05, 0) is 57.4 Å². The summed E-state index contributed by atoms with van der Waals surface area (Å²) < 4.78 is 43.0. The minimum atomic E-state index is -4.00. The first-order valence-corrected chi connectivity index (χ1v) is 7.43. The summed E-state index contributed by atoms with van der Waals surface area (Å²) in [6, 6.07) is 0.266. The van der Waals surface area contributed by atoms with Crippen molar-refractivity contribution in [3.05, 3.63) is 0 Å². The average Bonchev–Trinajstić information content (AvgIpc) is 3.17. The van der Waals surface area contributed by atoms with E-state index in [0.29, 0.717) is 12.8 Å². The molecule has 0 bridgehead atoms. The number of hydrogen-bond acceptors (Lipinski definition) is 2. The summed E-state index contributed by atoms with van der Waals surface area (Å²) in [6.45, 7) is 2.50. The van der Waals surface area contributed by atoms with Gasteiger partial charge in [0.2, 0.25) is 0 Å². The van der Waals surface area contributed by atoms with Crippen LogP contribution in [0.4, 0.5) is 13.2 Å². The number of hydrogen-bond donors (Lipinski definition) is 1. The van der Waals surface area contributed by atoms with E-state index in [9.17, 15) is 13.2 Å². The standard InChI is InChI=1S/C14H24F3NO/c15-14(16,17)12-4-6-13(7-5-12)18-8-1-9-19-10-11-2-3-11/h11-13,18H,1-10H2. The Morgan fingerprint density at radius 2 is 1.68 bits per heavy atom. The van der Waals surface area contributed by atoms with Crippen LogP contribution >= 0.6 is 0 Å². The molecule has 2 aliphatic rings. The fourth-order valence-electron chi connectivity index (χ4n) is 2.64. The van der Waals surface area contributed by atoms with Gasteiger partial charge in [0.25, 0.3) is 0 Å². The Balaban J connectivity index is 1.46. The zero-order chi connectivity index (χ0) is 13.7. The van der Waals surface area contributed by atoms with Gasteiger partial charge in [0.15, 0.2) is 0 Å². The zero-order valence-electron chi connectivity index (χ0n) is 11.3. The van der Waals surface area contributed by atoms with E-state index in [1.165, 1.54) is 12.8 Å². The number of alkyl halides is 3. The average molecular weight is 279 g/mol. The SMILES string of the molecule is FC(F)(F)C1CCC(NCCCOCC2CC2)CC1. The van der Waals surface area contributed by atoms with Gasteiger partial charge in [-0.15, -0.1) is 0 Å². The largest absolute Gasteiger partial charge is 0.391 e. The van der Waals surface area contributed by atoms with Gasteiger partial charge in [-0.2, -0.15) is 13.2 Å². The van der Waals surface area contributed by atoms with E-state index in [-0.39, 0.29) is 18.9 Å². The molecule has 2 rings (SSSR count). The minimum absolute atomic E-state index is 0.266. The highest BCUT2D eigenvalue weighted by molar-refractivity contribution is 4.80. The van der Waals surface area contributed by atoms with E-state index in [1.54, 1.807) is 0 Å². The van der Waals surface area contributed by atoms with Crippen molar-refractivity contribution >= 4 is 0 Å². The molecule has 0 aromatic rings. The Morgan fingerprint density at radius 3 is 2.26 bits per heavy atom. The molecule has 0 atom stereocenters. The second-order valence-electron chi connectivity index (χ2n) is 5.92. The Bertz CT molecular complexity index is 258. The van der Waals surface area contributed by atoms with E-state index in [0.717, 1.165) is 32.1 Å². The fourth-order valence-corrected chi connectivity index (χ4v) is 2.64. The molecule has 0 aromatic heterocycles. The molecule has 1 N–H and O–H groups in total.